The summed E-state index contributed by atoms with van der Waals surface area (Å²) in [6, 6.07) is 0.164. The first kappa shape index (κ1) is 14.5. The molecule has 18 heavy (non-hydrogen) atoms. The molecule has 1 aliphatic rings. The number of hydrogen-bond donors (Lipinski definition) is 2. The molecule has 5 heteroatoms. The molecule has 1 fully saturated rings. The zero-order chi connectivity index (χ0) is 13.4. The molecule has 0 spiro atoms. The highest BCUT2D eigenvalue weighted by Crippen LogP contribution is 2.29. The van der Waals surface area contributed by atoms with Gasteiger partial charge in [0, 0.05) is 12.5 Å². The Morgan fingerprint density at radius 3 is 2.89 bits per heavy atom. The van der Waals surface area contributed by atoms with Gasteiger partial charge in [0.1, 0.15) is 6.61 Å². The predicted molar refractivity (Wildman–Crippen MR) is 67.3 cm³/mol. The van der Waals surface area contributed by atoms with Gasteiger partial charge in [-0.25, -0.2) is 4.79 Å². The minimum atomic E-state index is -0.740. The maximum Gasteiger partial charge on any atom is 0.407 e. The van der Waals surface area contributed by atoms with Crippen molar-refractivity contribution in [3.05, 3.63) is 12.7 Å². The number of nitrogens with one attached hydrogen (secondary N) is 1. The Bertz CT molecular complexity index is 303. The van der Waals surface area contributed by atoms with Crippen LogP contribution in [0.25, 0.3) is 0 Å². The Hall–Kier alpha value is -1.52. The molecule has 2 N–H and O–H groups in total. The Morgan fingerprint density at radius 1 is 1.44 bits per heavy atom. The van der Waals surface area contributed by atoms with E-state index in [0.717, 1.165) is 25.7 Å². The van der Waals surface area contributed by atoms with Crippen LogP contribution < -0.4 is 5.32 Å². The van der Waals surface area contributed by atoms with E-state index in [2.05, 4.69) is 11.9 Å². The van der Waals surface area contributed by atoms with E-state index in [4.69, 9.17) is 9.84 Å². The molecule has 0 aliphatic heterocycles. The first-order valence-corrected chi connectivity index (χ1v) is 6.37. The quantitative estimate of drug-likeness (QED) is 0.684. The lowest BCUT2D eigenvalue weighted by Crippen LogP contribution is -2.33. The molecule has 1 amide bonds. The number of carbonyl (C=O) groups excluding carboxylic acids is 1. The van der Waals surface area contributed by atoms with E-state index in [9.17, 15) is 9.59 Å². The third-order valence-corrected chi connectivity index (χ3v) is 3.20. The van der Waals surface area contributed by atoms with E-state index in [1.165, 1.54) is 6.08 Å². The van der Waals surface area contributed by atoms with Crippen LogP contribution >= 0.6 is 0 Å². The van der Waals surface area contributed by atoms with Crippen LogP contribution in [0, 0.1) is 5.92 Å². The lowest BCUT2D eigenvalue weighted by atomic mass is 10.0. The van der Waals surface area contributed by atoms with Gasteiger partial charge in [0.2, 0.25) is 0 Å². The summed E-state index contributed by atoms with van der Waals surface area (Å²) < 4.78 is 4.86. The monoisotopic (exact) mass is 255 g/mol. The fourth-order valence-corrected chi connectivity index (χ4v) is 2.35. The van der Waals surface area contributed by atoms with E-state index in [1.807, 2.05) is 0 Å². The molecule has 5 nitrogen and oxygen atoms in total. The molecule has 0 aromatic rings. The summed E-state index contributed by atoms with van der Waals surface area (Å²) in [6.45, 7) is 3.69. The Labute approximate surface area is 107 Å². The van der Waals surface area contributed by atoms with Crippen LogP contribution in [-0.2, 0) is 9.53 Å². The summed E-state index contributed by atoms with van der Waals surface area (Å²) in [4.78, 5) is 21.7. The largest absolute Gasteiger partial charge is 0.481 e. The molecular formula is C13H21NO4. The number of ether oxygens (including phenoxy) is 1. The van der Waals surface area contributed by atoms with Gasteiger partial charge in [-0.2, -0.15) is 0 Å². The van der Waals surface area contributed by atoms with Gasteiger partial charge in [0.15, 0.2) is 0 Å². The average Bonchev–Trinajstić information content (AvgIpc) is 2.73. The van der Waals surface area contributed by atoms with Crippen LogP contribution in [0.4, 0.5) is 4.79 Å². The van der Waals surface area contributed by atoms with Crippen LogP contribution in [0.2, 0.25) is 0 Å². The second kappa shape index (κ2) is 7.74. The number of carboxylic acids is 1. The van der Waals surface area contributed by atoms with Gasteiger partial charge >= 0.3 is 12.1 Å². The molecule has 102 valence electrons. The summed E-state index contributed by atoms with van der Waals surface area (Å²) >= 11 is 0. The van der Waals surface area contributed by atoms with Crippen LogP contribution in [0.5, 0.6) is 0 Å². The molecule has 2 unspecified atom stereocenters. The predicted octanol–water partition coefficient (Wildman–Crippen LogP) is 2.32. The minimum Gasteiger partial charge on any atom is -0.481 e. The van der Waals surface area contributed by atoms with E-state index in [1.54, 1.807) is 0 Å². The summed E-state index contributed by atoms with van der Waals surface area (Å²) in [5.74, 6) is -0.218. The molecule has 0 heterocycles. The molecular weight excluding hydrogens is 234 g/mol. The summed E-state index contributed by atoms with van der Waals surface area (Å²) in [5.41, 5.74) is 0. The second-order valence-corrected chi connectivity index (χ2v) is 4.69. The van der Waals surface area contributed by atoms with Gasteiger partial charge in [-0.1, -0.05) is 12.7 Å². The zero-order valence-electron chi connectivity index (χ0n) is 10.6. The summed E-state index contributed by atoms with van der Waals surface area (Å²) in [5, 5.41) is 11.4. The minimum absolute atomic E-state index is 0.164. The van der Waals surface area contributed by atoms with Crippen LogP contribution in [-0.4, -0.2) is 29.8 Å². The molecule has 1 rings (SSSR count). The normalized spacial score (nSPS) is 22.4. The van der Waals surface area contributed by atoms with Crippen molar-refractivity contribution in [2.75, 3.05) is 6.61 Å². The third kappa shape index (κ3) is 5.70. The van der Waals surface area contributed by atoms with Crippen LogP contribution in [0.15, 0.2) is 12.7 Å². The number of aliphatic carboxylic acids is 1. The summed E-state index contributed by atoms with van der Waals surface area (Å²) in [6.07, 6.45) is 5.92. The van der Waals surface area contributed by atoms with Crippen molar-refractivity contribution in [3.8, 4) is 0 Å². The van der Waals surface area contributed by atoms with Gasteiger partial charge < -0.3 is 15.2 Å². The SMILES string of the molecule is C=CCOC(=O)NC1CCC(CCCC(=O)O)C1. The maximum atomic E-state index is 11.3. The first-order chi connectivity index (χ1) is 8.61. The number of amides is 1. The van der Waals surface area contributed by atoms with Crippen molar-refractivity contribution < 1.29 is 19.4 Å². The average molecular weight is 255 g/mol. The van der Waals surface area contributed by atoms with Gasteiger partial charge in [-0.3, -0.25) is 4.79 Å². The highest BCUT2D eigenvalue weighted by atomic mass is 16.5. The molecule has 2 atom stereocenters. The molecule has 0 bridgehead atoms. The van der Waals surface area contributed by atoms with E-state index >= 15 is 0 Å². The Kier molecular flexibility index (Phi) is 6.25. The summed E-state index contributed by atoms with van der Waals surface area (Å²) in [7, 11) is 0. The highest BCUT2D eigenvalue weighted by molar-refractivity contribution is 5.67. The van der Waals surface area contributed by atoms with Crippen molar-refractivity contribution >= 4 is 12.1 Å². The van der Waals surface area contributed by atoms with Crippen molar-refractivity contribution in [1.82, 2.24) is 5.32 Å². The van der Waals surface area contributed by atoms with E-state index in [0.29, 0.717) is 12.3 Å². The second-order valence-electron chi connectivity index (χ2n) is 4.69. The van der Waals surface area contributed by atoms with Crippen molar-refractivity contribution in [3.63, 3.8) is 0 Å². The van der Waals surface area contributed by atoms with Crippen LogP contribution in [0.1, 0.15) is 38.5 Å². The van der Waals surface area contributed by atoms with E-state index < -0.39 is 12.1 Å². The molecule has 0 radical (unpaired) electrons. The molecule has 1 aliphatic carbocycles. The highest BCUT2D eigenvalue weighted by Gasteiger charge is 2.25. The molecule has 0 aromatic heterocycles. The van der Waals surface area contributed by atoms with Crippen LogP contribution in [0.3, 0.4) is 0 Å². The molecule has 0 aromatic carbocycles. The topological polar surface area (TPSA) is 75.6 Å². The van der Waals surface area contributed by atoms with Gasteiger partial charge in [0.05, 0.1) is 0 Å². The van der Waals surface area contributed by atoms with Crippen molar-refractivity contribution in [1.29, 1.82) is 0 Å². The number of carbonyl (C=O) groups is 2. The first-order valence-electron chi connectivity index (χ1n) is 6.37. The number of hydrogen-bond acceptors (Lipinski definition) is 3. The fraction of sp³-hybridized carbons (Fsp3) is 0.692. The fourth-order valence-electron chi connectivity index (χ4n) is 2.35. The third-order valence-electron chi connectivity index (χ3n) is 3.20. The van der Waals surface area contributed by atoms with Gasteiger partial charge in [0.25, 0.3) is 0 Å². The lowest BCUT2D eigenvalue weighted by Gasteiger charge is -2.12. The number of carboxylic acid groups (broad SMARTS) is 1. The van der Waals surface area contributed by atoms with E-state index in [-0.39, 0.29) is 19.1 Å². The smallest absolute Gasteiger partial charge is 0.407 e. The maximum absolute atomic E-state index is 11.3. The Balaban J connectivity index is 2.14. The molecule has 0 saturated heterocycles. The number of alkyl carbamates (subject to hydrolysis) is 1. The van der Waals surface area contributed by atoms with Crippen molar-refractivity contribution in [2.24, 2.45) is 5.92 Å². The van der Waals surface area contributed by atoms with Gasteiger partial charge in [-0.05, 0) is 38.0 Å². The van der Waals surface area contributed by atoms with Gasteiger partial charge in [-0.15, -0.1) is 0 Å². The van der Waals surface area contributed by atoms with Crippen molar-refractivity contribution in [2.45, 2.75) is 44.6 Å². The number of rotatable bonds is 7. The standard InChI is InChI=1S/C13H21NO4/c1-2-8-18-13(17)14-11-7-6-10(9-11)4-3-5-12(15)16/h2,10-11H,1,3-9H2,(H,14,17)(H,15,16). The Morgan fingerprint density at radius 2 is 2.22 bits per heavy atom. The molecule has 1 saturated carbocycles. The lowest BCUT2D eigenvalue weighted by molar-refractivity contribution is -0.137. The zero-order valence-corrected chi connectivity index (χ0v) is 10.6.